The average Bonchev–Trinajstić information content (AvgIpc) is 2.82. The SMILES string of the molecule is CCCCCCCCC1N(CC)C=CN1CCCC. The Morgan fingerprint density at radius 1 is 0.737 bits per heavy atom. The molecule has 1 atom stereocenters. The third-order valence-electron chi connectivity index (χ3n) is 4.17. The van der Waals surface area contributed by atoms with Crippen molar-refractivity contribution < 1.29 is 0 Å². The summed E-state index contributed by atoms with van der Waals surface area (Å²) in [4.78, 5) is 5.06. The molecule has 0 saturated carbocycles. The standard InChI is InChI=1S/C17H34N2/c1-4-7-9-10-11-12-13-17-18(6-3)15-16-19(17)14-8-5-2/h15-17H,4-14H2,1-3H3. The molecular weight excluding hydrogens is 232 g/mol. The second kappa shape index (κ2) is 10.2. The zero-order chi connectivity index (χ0) is 13.9. The molecule has 0 aromatic carbocycles. The van der Waals surface area contributed by atoms with Gasteiger partial charge in [-0.15, -0.1) is 0 Å². The number of nitrogens with zero attached hydrogens (tertiary/aromatic N) is 2. The molecule has 2 nitrogen and oxygen atoms in total. The normalized spacial score (nSPS) is 18.6. The topological polar surface area (TPSA) is 6.48 Å². The van der Waals surface area contributed by atoms with Crippen molar-refractivity contribution in [3.8, 4) is 0 Å². The van der Waals surface area contributed by atoms with Crippen LogP contribution in [0.15, 0.2) is 12.4 Å². The summed E-state index contributed by atoms with van der Waals surface area (Å²) in [5.74, 6) is 0. The van der Waals surface area contributed by atoms with Crippen molar-refractivity contribution in [1.29, 1.82) is 0 Å². The van der Waals surface area contributed by atoms with Gasteiger partial charge in [-0.3, -0.25) is 0 Å². The van der Waals surface area contributed by atoms with Crippen molar-refractivity contribution in [3.05, 3.63) is 12.4 Å². The lowest BCUT2D eigenvalue weighted by atomic mass is 10.1. The van der Waals surface area contributed by atoms with Gasteiger partial charge < -0.3 is 9.80 Å². The Balaban J connectivity index is 2.22. The van der Waals surface area contributed by atoms with E-state index >= 15 is 0 Å². The molecule has 0 saturated heterocycles. The van der Waals surface area contributed by atoms with Crippen molar-refractivity contribution in [3.63, 3.8) is 0 Å². The summed E-state index contributed by atoms with van der Waals surface area (Å²) in [5, 5.41) is 0. The molecular formula is C17H34N2. The van der Waals surface area contributed by atoms with Crippen LogP contribution in [0.5, 0.6) is 0 Å². The van der Waals surface area contributed by atoms with Gasteiger partial charge in [0.2, 0.25) is 0 Å². The van der Waals surface area contributed by atoms with Gasteiger partial charge in [0, 0.05) is 25.5 Å². The first-order valence-corrected chi connectivity index (χ1v) is 8.53. The van der Waals surface area contributed by atoms with Gasteiger partial charge in [-0.25, -0.2) is 0 Å². The van der Waals surface area contributed by atoms with Crippen LogP contribution >= 0.6 is 0 Å². The third kappa shape index (κ3) is 5.88. The smallest absolute Gasteiger partial charge is 0.101 e. The zero-order valence-corrected chi connectivity index (χ0v) is 13.4. The molecule has 1 heterocycles. The summed E-state index contributed by atoms with van der Waals surface area (Å²) < 4.78 is 0. The van der Waals surface area contributed by atoms with Crippen LogP contribution in [-0.2, 0) is 0 Å². The van der Waals surface area contributed by atoms with Gasteiger partial charge in [0.05, 0.1) is 0 Å². The summed E-state index contributed by atoms with van der Waals surface area (Å²) in [6.45, 7) is 9.20. The number of hydrogen-bond acceptors (Lipinski definition) is 2. The molecule has 0 N–H and O–H groups in total. The molecule has 0 bridgehead atoms. The van der Waals surface area contributed by atoms with Crippen LogP contribution in [-0.4, -0.2) is 29.1 Å². The number of unbranched alkanes of at least 4 members (excludes halogenated alkanes) is 6. The van der Waals surface area contributed by atoms with Gasteiger partial charge in [-0.1, -0.05) is 52.4 Å². The van der Waals surface area contributed by atoms with E-state index in [0.717, 1.165) is 6.54 Å². The van der Waals surface area contributed by atoms with Crippen LogP contribution in [0.2, 0.25) is 0 Å². The van der Waals surface area contributed by atoms with Crippen LogP contribution in [0.1, 0.15) is 78.6 Å². The highest BCUT2D eigenvalue weighted by molar-refractivity contribution is 4.96. The van der Waals surface area contributed by atoms with Crippen molar-refractivity contribution >= 4 is 0 Å². The van der Waals surface area contributed by atoms with Gasteiger partial charge >= 0.3 is 0 Å². The van der Waals surface area contributed by atoms with E-state index in [1.54, 1.807) is 0 Å². The van der Waals surface area contributed by atoms with Gasteiger partial charge in [0.1, 0.15) is 6.17 Å². The van der Waals surface area contributed by atoms with Gasteiger partial charge in [0.25, 0.3) is 0 Å². The summed E-state index contributed by atoms with van der Waals surface area (Å²) in [7, 11) is 0. The predicted molar refractivity (Wildman–Crippen MR) is 84.9 cm³/mol. The fourth-order valence-electron chi connectivity index (χ4n) is 2.88. The van der Waals surface area contributed by atoms with Crippen LogP contribution in [0.25, 0.3) is 0 Å². The minimum atomic E-state index is 0.641. The summed E-state index contributed by atoms with van der Waals surface area (Å²) in [5.41, 5.74) is 0. The van der Waals surface area contributed by atoms with E-state index in [9.17, 15) is 0 Å². The molecule has 1 unspecified atom stereocenters. The Kier molecular flexibility index (Phi) is 8.77. The molecule has 2 heteroatoms. The van der Waals surface area contributed by atoms with Crippen LogP contribution < -0.4 is 0 Å². The molecule has 19 heavy (non-hydrogen) atoms. The second-order valence-corrected chi connectivity index (χ2v) is 5.76. The Morgan fingerprint density at radius 2 is 1.37 bits per heavy atom. The Morgan fingerprint density at radius 3 is 2.05 bits per heavy atom. The van der Waals surface area contributed by atoms with E-state index in [1.165, 1.54) is 64.3 Å². The van der Waals surface area contributed by atoms with E-state index < -0.39 is 0 Å². The lowest BCUT2D eigenvalue weighted by Gasteiger charge is -2.32. The molecule has 1 aliphatic heterocycles. The van der Waals surface area contributed by atoms with E-state index in [4.69, 9.17) is 0 Å². The van der Waals surface area contributed by atoms with Crippen molar-refractivity contribution in [2.24, 2.45) is 0 Å². The molecule has 0 aliphatic carbocycles. The fourth-order valence-corrected chi connectivity index (χ4v) is 2.88. The highest BCUT2D eigenvalue weighted by atomic mass is 15.4. The number of rotatable bonds is 11. The maximum absolute atomic E-state index is 2.55. The van der Waals surface area contributed by atoms with Gasteiger partial charge in [-0.2, -0.15) is 0 Å². The van der Waals surface area contributed by atoms with E-state index in [0.29, 0.717) is 6.17 Å². The minimum Gasteiger partial charge on any atom is -0.356 e. The maximum Gasteiger partial charge on any atom is 0.101 e. The van der Waals surface area contributed by atoms with Crippen LogP contribution in [0.3, 0.4) is 0 Å². The summed E-state index contributed by atoms with van der Waals surface area (Å²) >= 11 is 0. The molecule has 0 amide bonds. The fraction of sp³-hybridized carbons (Fsp3) is 0.882. The van der Waals surface area contributed by atoms with Gasteiger partial charge in [-0.05, 0) is 26.2 Å². The first kappa shape index (κ1) is 16.4. The summed E-state index contributed by atoms with van der Waals surface area (Å²) in [6, 6.07) is 0. The molecule has 0 aromatic heterocycles. The molecule has 0 fully saturated rings. The zero-order valence-electron chi connectivity index (χ0n) is 13.4. The molecule has 0 spiro atoms. The van der Waals surface area contributed by atoms with Crippen LogP contribution in [0, 0.1) is 0 Å². The Bertz CT molecular complexity index is 237. The monoisotopic (exact) mass is 266 g/mol. The lowest BCUT2D eigenvalue weighted by Crippen LogP contribution is -2.38. The second-order valence-electron chi connectivity index (χ2n) is 5.76. The highest BCUT2D eigenvalue weighted by Gasteiger charge is 2.23. The molecule has 1 aliphatic rings. The summed E-state index contributed by atoms with van der Waals surface area (Å²) in [6.07, 6.45) is 17.6. The largest absolute Gasteiger partial charge is 0.356 e. The van der Waals surface area contributed by atoms with E-state index in [1.807, 2.05) is 0 Å². The first-order valence-electron chi connectivity index (χ1n) is 8.53. The van der Waals surface area contributed by atoms with E-state index in [-0.39, 0.29) is 0 Å². The Labute approximate surface area is 120 Å². The molecule has 0 aromatic rings. The first-order chi connectivity index (χ1) is 9.33. The number of hydrogen-bond donors (Lipinski definition) is 0. The maximum atomic E-state index is 2.55. The van der Waals surface area contributed by atoms with E-state index in [2.05, 4.69) is 43.0 Å². The highest BCUT2D eigenvalue weighted by Crippen LogP contribution is 2.22. The predicted octanol–water partition coefficient (Wildman–Crippen LogP) is 4.97. The average molecular weight is 266 g/mol. The molecule has 0 radical (unpaired) electrons. The van der Waals surface area contributed by atoms with Crippen molar-refractivity contribution in [2.75, 3.05) is 13.1 Å². The van der Waals surface area contributed by atoms with Gasteiger partial charge in [0.15, 0.2) is 0 Å². The molecule has 112 valence electrons. The quantitative estimate of drug-likeness (QED) is 0.487. The van der Waals surface area contributed by atoms with Crippen LogP contribution in [0.4, 0.5) is 0 Å². The minimum absolute atomic E-state index is 0.641. The Hall–Kier alpha value is -0.660. The van der Waals surface area contributed by atoms with Crippen molar-refractivity contribution in [2.45, 2.75) is 84.7 Å². The molecule has 1 rings (SSSR count). The third-order valence-corrected chi connectivity index (χ3v) is 4.17. The lowest BCUT2D eigenvalue weighted by molar-refractivity contribution is 0.143. The van der Waals surface area contributed by atoms with Crippen molar-refractivity contribution in [1.82, 2.24) is 9.80 Å².